The first kappa shape index (κ1) is 10.2. The third kappa shape index (κ3) is 2.81. The lowest BCUT2D eigenvalue weighted by molar-refractivity contribution is 1.47. The number of allylic oxidation sites excluding steroid dienone is 1. The molecule has 0 aromatic heterocycles. The van der Waals surface area contributed by atoms with Crippen LogP contribution in [0.3, 0.4) is 0 Å². The summed E-state index contributed by atoms with van der Waals surface area (Å²) < 4.78 is 1.08. The van der Waals surface area contributed by atoms with Crippen molar-refractivity contribution in [1.29, 1.82) is 0 Å². The number of aliphatic imine (C=N–C) groups is 1. The van der Waals surface area contributed by atoms with Crippen LogP contribution in [0.1, 0.15) is 19.4 Å². The van der Waals surface area contributed by atoms with Gasteiger partial charge in [-0.15, -0.1) is 0 Å². The average molecular weight is 238 g/mol. The highest BCUT2D eigenvalue weighted by Crippen LogP contribution is 2.19. The van der Waals surface area contributed by atoms with Gasteiger partial charge in [0.25, 0.3) is 0 Å². The molecule has 13 heavy (non-hydrogen) atoms. The van der Waals surface area contributed by atoms with E-state index in [4.69, 9.17) is 0 Å². The van der Waals surface area contributed by atoms with Crippen molar-refractivity contribution in [3.63, 3.8) is 0 Å². The Morgan fingerprint density at radius 1 is 1.38 bits per heavy atom. The number of nitrogens with zero attached hydrogens (tertiary/aromatic N) is 1. The highest BCUT2D eigenvalue weighted by atomic mass is 79.9. The normalized spacial score (nSPS) is 12.4. The Kier molecular flexibility index (Phi) is 3.90. The zero-order valence-electron chi connectivity index (χ0n) is 7.79. The van der Waals surface area contributed by atoms with Crippen LogP contribution >= 0.6 is 15.9 Å². The van der Waals surface area contributed by atoms with Crippen molar-refractivity contribution in [3.8, 4) is 0 Å². The van der Waals surface area contributed by atoms with Gasteiger partial charge in [-0.2, -0.15) is 0 Å². The first-order chi connectivity index (χ1) is 6.27. The molecule has 68 valence electrons. The van der Waals surface area contributed by atoms with E-state index in [0.717, 1.165) is 15.7 Å². The molecule has 1 nitrogen and oxygen atoms in total. The van der Waals surface area contributed by atoms with Crippen LogP contribution in [0.25, 0.3) is 5.70 Å². The maximum atomic E-state index is 4.27. The highest BCUT2D eigenvalue weighted by Gasteiger charge is 1.97. The summed E-state index contributed by atoms with van der Waals surface area (Å²) in [6.45, 7) is 3.91. The lowest BCUT2D eigenvalue weighted by Crippen LogP contribution is -1.80. The molecule has 0 bridgehead atoms. The van der Waals surface area contributed by atoms with Crippen LogP contribution in [-0.2, 0) is 0 Å². The summed E-state index contributed by atoms with van der Waals surface area (Å²) in [5.41, 5.74) is 2.14. The Morgan fingerprint density at radius 3 is 2.69 bits per heavy atom. The Morgan fingerprint density at radius 2 is 2.15 bits per heavy atom. The molecule has 0 aliphatic carbocycles. The molecular formula is C11H12BrN. The molecule has 0 aliphatic rings. The van der Waals surface area contributed by atoms with E-state index in [-0.39, 0.29) is 0 Å². The van der Waals surface area contributed by atoms with Crippen LogP contribution in [0.15, 0.2) is 39.8 Å². The van der Waals surface area contributed by atoms with Crippen LogP contribution in [0.5, 0.6) is 0 Å². The van der Waals surface area contributed by atoms with Crippen molar-refractivity contribution in [1.82, 2.24) is 0 Å². The summed E-state index contributed by atoms with van der Waals surface area (Å²) >= 11 is 3.43. The SMILES string of the molecule is CC=N/C(=C\C)c1cccc(Br)c1. The van der Waals surface area contributed by atoms with Crippen LogP contribution in [-0.4, -0.2) is 6.21 Å². The Balaban J connectivity index is 3.06. The van der Waals surface area contributed by atoms with E-state index in [9.17, 15) is 0 Å². The maximum absolute atomic E-state index is 4.27. The van der Waals surface area contributed by atoms with Crippen LogP contribution < -0.4 is 0 Å². The van der Waals surface area contributed by atoms with Crippen molar-refractivity contribution in [2.24, 2.45) is 4.99 Å². The van der Waals surface area contributed by atoms with Gasteiger partial charge in [-0.05, 0) is 26.0 Å². The monoisotopic (exact) mass is 237 g/mol. The molecule has 0 saturated heterocycles. The fourth-order valence-electron chi connectivity index (χ4n) is 1.10. The van der Waals surface area contributed by atoms with Crippen LogP contribution in [0, 0.1) is 0 Å². The van der Waals surface area contributed by atoms with Gasteiger partial charge in [-0.1, -0.05) is 34.1 Å². The van der Waals surface area contributed by atoms with Crippen molar-refractivity contribution >= 4 is 27.8 Å². The smallest absolute Gasteiger partial charge is 0.0655 e. The molecule has 0 atom stereocenters. The summed E-state index contributed by atoms with van der Waals surface area (Å²) in [5.74, 6) is 0. The van der Waals surface area contributed by atoms with E-state index >= 15 is 0 Å². The van der Waals surface area contributed by atoms with Crippen molar-refractivity contribution in [3.05, 3.63) is 40.4 Å². The molecular weight excluding hydrogens is 226 g/mol. The van der Waals surface area contributed by atoms with Gasteiger partial charge < -0.3 is 0 Å². The second-order valence-electron chi connectivity index (χ2n) is 2.57. The Labute approximate surface area is 87.3 Å². The van der Waals surface area contributed by atoms with Gasteiger partial charge in [0, 0.05) is 16.3 Å². The largest absolute Gasteiger partial charge is 0.261 e. The van der Waals surface area contributed by atoms with E-state index in [0.29, 0.717) is 0 Å². The zero-order valence-corrected chi connectivity index (χ0v) is 9.38. The summed E-state index contributed by atoms with van der Waals surface area (Å²) in [6, 6.07) is 8.12. The second kappa shape index (κ2) is 4.97. The van der Waals surface area contributed by atoms with Gasteiger partial charge in [-0.3, -0.25) is 4.99 Å². The van der Waals surface area contributed by atoms with Crippen molar-refractivity contribution in [2.45, 2.75) is 13.8 Å². The predicted molar refractivity (Wildman–Crippen MR) is 62.0 cm³/mol. The Bertz CT molecular complexity index is 340. The molecule has 1 rings (SSSR count). The fourth-order valence-corrected chi connectivity index (χ4v) is 1.50. The lowest BCUT2D eigenvalue weighted by atomic mass is 10.1. The zero-order chi connectivity index (χ0) is 9.68. The molecule has 2 heteroatoms. The molecule has 0 amide bonds. The second-order valence-corrected chi connectivity index (χ2v) is 3.49. The molecule has 0 fully saturated rings. The molecule has 0 N–H and O–H groups in total. The number of rotatable bonds is 2. The topological polar surface area (TPSA) is 12.4 Å². The van der Waals surface area contributed by atoms with E-state index in [1.54, 1.807) is 6.21 Å². The minimum Gasteiger partial charge on any atom is -0.261 e. The lowest BCUT2D eigenvalue weighted by Gasteiger charge is -2.00. The third-order valence-electron chi connectivity index (χ3n) is 1.66. The third-order valence-corrected chi connectivity index (χ3v) is 2.16. The fraction of sp³-hybridized carbons (Fsp3) is 0.182. The first-order valence-corrected chi connectivity index (χ1v) is 4.98. The molecule has 0 unspecified atom stereocenters. The highest BCUT2D eigenvalue weighted by molar-refractivity contribution is 9.10. The minimum absolute atomic E-state index is 1.00. The van der Waals surface area contributed by atoms with Gasteiger partial charge in [0.1, 0.15) is 0 Å². The Hall–Kier alpha value is -0.890. The number of hydrogen-bond donors (Lipinski definition) is 0. The first-order valence-electron chi connectivity index (χ1n) is 4.19. The summed E-state index contributed by atoms with van der Waals surface area (Å²) in [4.78, 5) is 4.27. The number of halogens is 1. The van der Waals surface area contributed by atoms with E-state index in [1.807, 2.05) is 38.1 Å². The van der Waals surface area contributed by atoms with Gasteiger partial charge in [0.15, 0.2) is 0 Å². The molecule has 1 aromatic carbocycles. The van der Waals surface area contributed by atoms with E-state index in [1.165, 1.54) is 0 Å². The molecule has 0 radical (unpaired) electrons. The van der Waals surface area contributed by atoms with E-state index < -0.39 is 0 Å². The van der Waals surface area contributed by atoms with Gasteiger partial charge in [-0.25, -0.2) is 0 Å². The maximum Gasteiger partial charge on any atom is 0.0655 e. The number of benzene rings is 1. The molecule has 1 aromatic rings. The summed E-state index contributed by atoms with van der Waals surface area (Å²) in [6.07, 6.45) is 3.80. The quantitative estimate of drug-likeness (QED) is 0.693. The van der Waals surface area contributed by atoms with Crippen molar-refractivity contribution < 1.29 is 0 Å². The van der Waals surface area contributed by atoms with Crippen molar-refractivity contribution in [2.75, 3.05) is 0 Å². The van der Waals surface area contributed by atoms with Gasteiger partial charge in [0.2, 0.25) is 0 Å². The molecule has 0 saturated carbocycles. The van der Waals surface area contributed by atoms with E-state index in [2.05, 4.69) is 27.0 Å². The summed E-state index contributed by atoms with van der Waals surface area (Å²) in [5, 5.41) is 0. The molecule has 0 heterocycles. The standard InChI is InChI=1S/C11H12BrN/c1-3-11(13-4-2)9-6-5-7-10(12)8-9/h3-8H,1-2H3/b11-3-,13-4?. The van der Waals surface area contributed by atoms with Crippen LogP contribution in [0.2, 0.25) is 0 Å². The van der Waals surface area contributed by atoms with Gasteiger partial charge in [0.05, 0.1) is 5.70 Å². The van der Waals surface area contributed by atoms with Crippen LogP contribution in [0.4, 0.5) is 0 Å². The molecule has 0 aliphatic heterocycles. The number of hydrogen-bond acceptors (Lipinski definition) is 1. The summed E-state index contributed by atoms with van der Waals surface area (Å²) in [7, 11) is 0. The minimum atomic E-state index is 1.00. The van der Waals surface area contributed by atoms with Gasteiger partial charge >= 0.3 is 0 Å². The molecule has 0 spiro atoms. The average Bonchev–Trinajstić information content (AvgIpc) is 2.14. The predicted octanol–water partition coefficient (Wildman–Crippen LogP) is 3.90.